The van der Waals surface area contributed by atoms with E-state index < -0.39 is 0 Å². The fourth-order valence-electron chi connectivity index (χ4n) is 3.94. The van der Waals surface area contributed by atoms with Crippen LogP contribution in [0.1, 0.15) is 6.42 Å². The van der Waals surface area contributed by atoms with Crippen LogP contribution in [0.5, 0.6) is 0 Å². The second-order valence-corrected chi connectivity index (χ2v) is 7.34. The summed E-state index contributed by atoms with van der Waals surface area (Å²) in [6.07, 6.45) is 6.29. The number of hydrogen-bond acceptors (Lipinski definition) is 5. The lowest BCUT2D eigenvalue weighted by Crippen LogP contribution is -2.37. The van der Waals surface area contributed by atoms with Gasteiger partial charge in [0.15, 0.2) is 5.65 Å². The molecule has 4 aromatic rings. The molecule has 7 heteroatoms. The van der Waals surface area contributed by atoms with Crippen molar-refractivity contribution in [2.45, 2.75) is 13.0 Å². The Morgan fingerprint density at radius 1 is 1.00 bits per heavy atom. The van der Waals surface area contributed by atoms with Gasteiger partial charge >= 0.3 is 0 Å². The van der Waals surface area contributed by atoms with Crippen LogP contribution in [0.25, 0.3) is 27.7 Å². The number of benzene rings is 1. The molecule has 4 heterocycles. The second-order valence-electron chi connectivity index (χ2n) is 7.34. The van der Waals surface area contributed by atoms with Crippen LogP contribution in [0.3, 0.4) is 0 Å². The smallest absolute Gasteiger partial charge is 0.261 e. The summed E-state index contributed by atoms with van der Waals surface area (Å²) in [6, 6.07) is 12.0. The molecule has 7 nitrogen and oxygen atoms in total. The van der Waals surface area contributed by atoms with Gasteiger partial charge in [-0.2, -0.15) is 5.10 Å². The van der Waals surface area contributed by atoms with Gasteiger partial charge < -0.3 is 9.30 Å². The fourth-order valence-corrected chi connectivity index (χ4v) is 3.94. The molecule has 3 aromatic heterocycles. The zero-order valence-corrected chi connectivity index (χ0v) is 16.2. The molecule has 29 heavy (non-hydrogen) atoms. The van der Waals surface area contributed by atoms with Crippen molar-refractivity contribution < 1.29 is 4.74 Å². The van der Waals surface area contributed by atoms with Gasteiger partial charge in [0, 0.05) is 44.1 Å². The highest BCUT2D eigenvalue weighted by atomic mass is 16.5. The number of aromatic nitrogens is 4. The molecule has 0 amide bonds. The number of fused-ring (bicyclic) bond motifs is 3. The van der Waals surface area contributed by atoms with Gasteiger partial charge in [-0.15, -0.1) is 0 Å². The van der Waals surface area contributed by atoms with Gasteiger partial charge in [-0.05, 0) is 18.1 Å². The molecule has 0 radical (unpaired) electrons. The Bertz CT molecular complexity index is 1190. The van der Waals surface area contributed by atoms with E-state index in [1.54, 1.807) is 15.3 Å². The van der Waals surface area contributed by atoms with Crippen molar-refractivity contribution in [1.82, 2.24) is 24.1 Å². The molecular weight excluding hydrogens is 366 g/mol. The minimum Gasteiger partial charge on any atom is -0.379 e. The first-order valence-electron chi connectivity index (χ1n) is 10.0. The molecule has 0 bridgehead atoms. The maximum absolute atomic E-state index is 13.0. The van der Waals surface area contributed by atoms with Gasteiger partial charge in [0.25, 0.3) is 5.56 Å². The number of hydrogen-bond donors (Lipinski definition) is 0. The summed E-state index contributed by atoms with van der Waals surface area (Å²) in [7, 11) is 0. The van der Waals surface area contributed by atoms with E-state index in [0.717, 1.165) is 61.6 Å². The summed E-state index contributed by atoms with van der Waals surface area (Å²) < 4.78 is 8.92. The maximum Gasteiger partial charge on any atom is 0.261 e. The molecule has 0 atom stereocenters. The van der Waals surface area contributed by atoms with Crippen molar-refractivity contribution >= 4 is 16.6 Å². The second kappa shape index (κ2) is 7.77. The van der Waals surface area contributed by atoms with Crippen LogP contribution < -0.4 is 5.56 Å². The van der Waals surface area contributed by atoms with E-state index in [2.05, 4.69) is 15.0 Å². The third kappa shape index (κ3) is 3.43. The van der Waals surface area contributed by atoms with Gasteiger partial charge in [0.2, 0.25) is 0 Å². The molecule has 148 valence electrons. The summed E-state index contributed by atoms with van der Waals surface area (Å²) in [5.74, 6) is 0. The van der Waals surface area contributed by atoms with Crippen molar-refractivity contribution in [3.8, 4) is 11.1 Å². The first-order valence-corrected chi connectivity index (χ1v) is 10.0. The summed E-state index contributed by atoms with van der Waals surface area (Å²) in [5.41, 5.74) is 3.54. The highest BCUT2D eigenvalue weighted by Gasteiger charge is 2.13. The first-order chi connectivity index (χ1) is 14.3. The average molecular weight is 389 g/mol. The van der Waals surface area contributed by atoms with Crippen LogP contribution in [-0.2, 0) is 11.3 Å². The van der Waals surface area contributed by atoms with E-state index in [0.29, 0.717) is 11.9 Å². The van der Waals surface area contributed by atoms with Gasteiger partial charge in [-0.3, -0.25) is 9.69 Å². The number of nitrogens with zero attached hydrogens (tertiary/aromatic N) is 5. The van der Waals surface area contributed by atoms with Crippen LogP contribution >= 0.6 is 0 Å². The molecule has 1 aliphatic rings. The molecule has 0 saturated carbocycles. The lowest BCUT2D eigenvalue weighted by molar-refractivity contribution is 0.0369. The molecular formula is C22H23N5O2. The SMILES string of the molecule is O=c1c2cnc3c(-c4ccccc4)cnn3c2ccn1CCCN1CCOCC1. The molecule has 0 spiro atoms. The molecule has 5 rings (SSSR count). The highest BCUT2D eigenvalue weighted by Crippen LogP contribution is 2.24. The van der Waals surface area contributed by atoms with Crippen LogP contribution in [0.4, 0.5) is 0 Å². The lowest BCUT2D eigenvalue weighted by Gasteiger charge is -2.26. The van der Waals surface area contributed by atoms with Gasteiger partial charge in [-0.1, -0.05) is 30.3 Å². The lowest BCUT2D eigenvalue weighted by atomic mass is 10.1. The Hall–Kier alpha value is -3.03. The molecule has 1 fully saturated rings. The number of morpholine rings is 1. The van der Waals surface area contributed by atoms with E-state index in [9.17, 15) is 4.79 Å². The standard InChI is InChI=1S/C22H23N5O2/c28-22-19-15-23-21-18(17-5-2-1-3-6-17)16-24-27(21)20(19)7-10-26(22)9-4-8-25-11-13-29-14-12-25/h1-3,5-7,10,15-16H,4,8-9,11-14H2. The zero-order valence-electron chi connectivity index (χ0n) is 16.2. The Labute approximate surface area is 168 Å². The van der Waals surface area contributed by atoms with E-state index in [1.807, 2.05) is 48.8 Å². The molecule has 0 unspecified atom stereocenters. The summed E-state index contributed by atoms with van der Waals surface area (Å²) in [4.78, 5) is 19.9. The third-order valence-electron chi connectivity index (χ3n) is 5.53. The molecule has 0 aliphatic carbocycles. The first kappa shape index (κ1) is 18.0. The maximum atomic E-state index is 13.0. The Morgan fingerprint density at radius 2 is 1.83 bits per heavy atom. The number of rotatable bonds is 5. The number of ether oxygens (including phenoxy) is 1. The van der Waals surface area contributed by atoms with Crippen LogP contribution in [0.2, 0.25) is 0 Å². The summed E-state index contributed by atoms with van der Waals surface area (Å²) in [6.45, 7) is 5.21. The summed E-state index contributed by atoms with van der Waals surface area (Å²) in [5, 5.41) is 5.10. The van der Waals surface area contributed by atoms with Crippen LogP contribution in [-0.4, -0.2) is 56.9 Å². The van der Waals surface area contributed by atoms with Gasteiger partial charge in [0.05, 0.1) is 30.3 Å². The zero-order chi connectivity index (χ0) is 19.6. The van der Waals surface area contributed by atoms with Crippen molar-refractivity contribution in [2.24, 2.45) is 0 Å². The van der Waals surface area contributed by atoms with E-state index in [4.69, 9.17) is 4.74 Å². The van der Waals surface area contributed by atoms with E-state index in [-0.39, 0.29) is 5.56 Å². The third-order valence-corrected chi connectivity index (χ3v) is 5.53. The largest absolute Gasteiger partial charge is 0.379 e. The molecule has 1 aromatic carbocycles. The average Bonchev–Trinajstić information content (AvgIpc) is 3.21. The predicted molar refractivity (Wildman–Crippen MR) is 112 cm³/mol. The van der Waals surface area contributed by atoms with Gasteiger partial charge in [-0.25, -0.2) is 9.50 Å². The van der Waals surface area contributed by atoms with E-state index in [1.165, 1.54) is 0 Å². The Morgan fingerprint density at radius 3 is 2.66 bits per heavy atom. The minimum absolute atomic E-state index is 0.0179. The number of aryl methyl sites for hydroxylation is 1. The topological polar surface area (TPSA) is 64.7 Å². The van der Waals surface area contributed by atoms with Crippen LogP contribution in [0.15, 0.2) is 59.8 Å². The fraction of sp³-hybridized carbons (Fsp3) is 0.318. The quantitative estimate of drug-likeness (QED) is 0.525. The van der Waals surface area contributed by atoms with E-state index >= 15 is 0 Å². The summed E-state index contributed by atoms with van der Waals surface area (Å²) >= 11 is 0. The normalized spacial score (nSPS) is 15.3. The Kier molecular flexibility index (Phi) is 4.83. The predicted octanol–water partition coefficient (Wildman–Crippen LogP) is 2.43. The highest BCUT2D eigenvalue weighted by molar-refractivity contribution is 5.84. The van der Waals surface area contributed by atoms with Crippen LogP contribution in [0, 0.1) is 0 Å². The molecule has 1 saturated heterocycles. The van der Waals surface area contributed by atoms with Crippen molar-refractivity contribution in [2.75, 3.05) is 32.8 Å². The van der Waals surface area contributed by atoms with Crippen molar-refractivity contribution in [3.63, 3.8) is 0 Å². The molecule has 0 N–H and O–H groups in total. The van der Waals surface area contributed by atoms with Gasteiger partial charge in [0.1, 0.15) is 0 Å². The monoisotopic (exact) mass is 389 g/mol. The van der Waals surface area contributed by atoms with Crippen molar-refractivity contribution in [3.05, 3.63) is 65.3 Å². The Balaban J connectivity index is 1.43. The van der Waals surface area contributed by atoms with Crippen molar-refractivity contribution in [1.29, 1.82) is 0 Å². The minimum atomic E-state index is -0.0179. The number of pyridine rings is 1. The molecule has 1 aliphatic heterocycles.